The van der Waals surface area contributed by atoms with Crippen LogP contribution in [0.2, 0.25) is 4.34 Å². The van der Waals surface area contributed by atoms with Crippen molar-refractivity contribution in [2.45, 2.75) is 37.5 Å². The molecule has 5 rings (SSSR count). The number of amides is 3. The number of thiazole rings is 1. The number of pyridine rings is 1. The highest BCUT2D eigenvalue weighted by Crippen LogP contribution is 2.40. The van der Waals surface area contributed by atoms with Crippen molar-refractivity contribution in [3.63, 3.8) is 0 Å². The van der Waals surface area contributed by atoms with Crippen LogP contribution in [0.1, 0.15) is 12.6 Å². The zero-order chi connectivity index (χ0) is 34.0. The maximum absolute atomic E-state index is 13.3. The molecule has 0 bridgehead atoms. The number of nitrogens with two attached hydrogens (primary N) is 1. The number of aliphatic carboxylic acids is 2. The molecule has 3 aromatic rings. The van der Waals surface area contributed by atoms with Crippen LogP contribution in [0.3, 0.4) is 0 Å². The number of ether oxygens (including phenoxy) is 1. The van der Waals surface area contributed by atoms with Crippen LogP contribution < -0.4 is 26.2 Å². The molecule has 3 atom stereocenters. The van der Waals surface area contributed by atoms with Crippen molar-refractivity contribution in [3.05, 3.63) is 51.9 Å². The van der Waals surface area contributed by atoms with Gasteiger partial charge in [-0.2, -0.15) is 4.57 Å². The largest absolute Gasteiger partial charge is 0.543 e. The fourth-order valence-electron chi connectivity index (χ4n) is 4.86. The van der Waals surface area contributed by atoms with E-state index in [-0.39, 0.29) is 46.3 Å². The van der Waals surface area contributed by atoms with E-state index in [1.54, 1.807) is 33.7 Å². The smallest absolute Gasteiger partial charge is 0.431 e. The third-order valence-corrected chi connectivity index (χ3v) is 9.47. The molecule has 248 valence electrons. The summed E-state index contributed by atoms with van der Waals surface area (Å²) >= 11 is 8.21. The van der Waals surface area contributed by atoms with E-state index in [0.29, 0.717) is 5.57 Å². The number of rotatable bonds is 12. The van der Waals surface area contributed by atoms with Gasteiger partial charge in [-0.3, -0.25) is 19.7 Å². The molecule has 0 unspecified atom stereocenters. The molecule has 2 aliphatic heterocycles. The van der Waals surface area contributed by atoms with Gasteiger partial charge in [-0.1, -0.05) is 28.1 Å². The Bertz CT molecular complexity index is 1840. The molecule has 0 spiro atoms. The van der Waals surface area contributed by atoms with Gasteiger partial charge in [0.25, 0.3) is 11.8 Å². The van der Waals surface area contributed by atoms with Crippen molar-refractivity contribution >= 4 is 86.4 Å². The molecular formula is C26H25ClN8O10S2. The van der Waals surface area contributed by atoms with E-state index in [0.717, 1.165) is 27.3 Å². The minimum absolute atomic E-state index is 0.00647. The molecule has 0 saturated carbocycles. The summed E-state index contributed by atoms with van der Waals surface area (Å²) in [5, 5.41) is 35.4. The number of carbonyl (C=O) groups is 5. The number of halogens is 1. The lowest BCUT2D eigenvalue weighted by molar-refractivity contribution is -0.663. The Balaban J connectivity index is 1.35. The van der Waals surface area contributed by atoms with Gasteiger partial charge >= 0.3 is 12.1 Å². The van der Waals surface area contributed by atoms with E-state index < -0.39 is 53.1 Å². The molecule has 3 aromatic heterocycles. The lowest BCUT2D eigenvalue weighted by Gasteiger charge is -2.50. The highest BCUT2D eigenvalue weighted by atomic mass is 35.5. The van der Waals surface area contributed by atoms with Crippen molar-refractivity contribution in [2.75, 3.05) is 18.1 Å². The van der Waals surface area contributed by atoms with Crippen LogP contribution in [0.5, 0.6) is 0 Å². The van der Waals surface area contributed by atoms with Crippen LogP contribution in [0.25, 0.3) is 11.0 Å². The van der Waals surface area contributed by atoms with Gasteiger partial charge in [0.2, 0.25) is 11.6 Å². The number of hydroxylamine groups is 1. The van der Waals surface area contributed by atoms with Crippen LogP contribution in [-0.4, -0.2) is 90.2 Å². The Morgan fingerprint density at radius 3 is 2.77 bits per heavy atom. The number of β-lactam (4-membered cyclic amide) rings is 1. The third kappa shape index (κ3) is 6.80. The zero-order valence-electron chi connectivity index (χ0n) is 24.1. The molecule has 18 nitrogen and oxygen atoms in total. The second kappa shape index (κ2) is 13.8. The summed E-state index contributed by atoms with van der Waals surface area (Å²) < 4.78 is 8.39. The Morgan fingerprint density at radius 2 is 2.11 bits per heavy atom. The van der Waals surface area contributed by atoms with Crippen molar-refractivity contribution in [1.29, 1.82) is 0 Å². The number of carboxylic acid groups (broad SMARTS) is 2. The normalized spacial score (nSPS) is 18.3. The number of thioether (sulfide) groups is 1. The molecule has 3 amide bonds. The second-order valence-electron chi connectivity index (χ2n) is 9.96. The summed E-state index contributed by atoms with van der Waals surface area (Å²) in [6, 6.07) is 4.19. The number of fused-ring (bicyclic) bond motifs is 2. The Hall–Kier alpha value is -4.92. The van der Waals surface area contributed by atoms with Gasteiger partial charge in [-0.25, -0.2) is 20.1 Å². The highest BCUT2D eigenvalue weighted by Gasteiger charge is 2.53. The predicted octanol–water partition coefficient (Wildman–Crippen LogP) is -0.966. The van der Waals surface area contributed by atoms with Crippen LogP contribution in [0.4, 0.5) is 9.93 Å². The van der Waals surface area contributed by atoms with Gasteiger partial charge in [0.1, 0.15) is 33.6 Å². The van der Waals surface area contributed by atoms with E-state index in [1.807, 2.05) is 6.07 Å². The molecule has 2 aliphatic rings. The van der Waals surface area contributed by atoms with Gasteiger partial charge < -0.3 is 40.2 Å². The van der Waals surface area contributed by atoms with Gasteiger partial charge in [0.15, 0.2) is 23.6 Å². The second-order valence-corrected chi connectivity index (χ2v) is 12.7. The summed E-state index contributed by atoms with van der Waals surface area (Å²) in [7, 11) is 0. The molecule has 6 N–H and O–H groups in total. The summed E-state index contributed by atoms with van der Waals surface area (Å²) in [4.78, 5) is 71.2. The highest BCUT2D eigenvalue weighted by molar-refractivity contribution is 8.00. The van der Waals surface area contributed by atoms with E-state index >= 15 is 0 Å². The van der Waals surface area contributed by atoms with E-state index in [9.17, 15) is 29.1 Å². The SMILES string of the molecule is C[C@H](O/N=C(\C(=O)N[C@@H]1C(=O)N2C(C(=O)[O-])=C(C[n+]3cccc4c3ccn4CCOC(=O)NO)CS[C@H]12)c1nc(N)sc1Cl)C(=O)O. The van der Waals surface area contributed by atoms with Crippen LogP contribution >= 0.6 is 34.7 Å². The van der Waals surface area contributed by atoms with Gasteiger partial charge in [-0.05, 0) is 13.0 Å². The minimum atomic E-state index is -1.57. The number of carboxylic acids is 2. The fourth-order valence-corrected chi connectivity index (χ4v) is 7.12. The van der Waals surface area contributed by atoms with Crippen molar-refractivity contribution < 1.29 is 53.5 Å². The lowest BCUT2D eigenvalue weighted by atomic mass is 10.0. The summed E-state index contributed by atoms with van der Waals surface area (Å²) in [5.41, 5.74) is 7.90. The molecule has 0 radical (unpaired) electrons. The van der Waals surface area contributed by atoms with E-state index in [4.69, 9.17) is 37.2 Å². The lowest BCUT2D eigenvalue weighted by Crippen LogP contribution is -2.71. The first-order chi connectivity index (χ1) is 22.4. The van der Waals surface area contributed by atoms with E-state index in [1.165, 1.54) is 24.2 Å². The maximum Gasteiger partial charge on any atom is 0.431 e. The Labute approximate surface area is 277 Å². The molecule has 0 aromatic carbocycles. The summed E-state index contributed by atoms with van der Waals surface area (Å²) in [6.07, 6.45) is 1.07. The van der Waals surface area contributed by atoms with Gasteiger partial charge in [0.05, 0.1) is 18.2 Å². The van der Waals surface area contributed by atoms with Gasteiger partial charge in [-0.15, -0.1) is 11.8 Å². The average Bonchev–Trinajstić information content (AvgIpc) is 3.61. The number of nitrogens with zero attached hydrogens (tertiary/aromatic N) is 5. The Morgan fingerprint density at radius 1 is 1.34 bits per heavy atom. The average molecular weight is 709 g/mol. The van der Waals surface area contributed by atoms with Crippen LogP contribution in [0, 0.1) is 0 Å². The molecule has 0 aliphatic carbocycles. The molecule has 1 fully saturated rings. The monoisotopic (exact) mass is 708 g/mol. The number of nitrogens with one attached hydrogen (secondary N) is 2. The Kier molecular flexibility index (Phi) is 9.84. The molecular weight excluding hydrogens is 684 g/mol. The standard InChI is InChI=1S/C26H25ClN8O10S2/c1-11(23(38)39)45-32-16(15-19(27)47-25(28)30-15)20(36)29-17-21(37)35-18(24(40)41)12(10-46-22(17)35)9-34-5-2-3-13-14(34)4-6-33(13)7-8-44-26(42)31-43/h2-6,11,17,22H,7-10H2,1H3,(H6-,28,29,30,31,32,36,38,39,40,41,42,43)/t11-,17+,22+/m0/s1. The number of hydrogen-bond donors (Lipinski definition) is 5. The number of nitrogen functional groups attached to an aromatic ring is 1. The van der Waals surface area contributed by atoms with Crippen LogP contribution in [-0.2, 0) is 41.8 Å². The molecule has 1 saturated heterocycles. The summed E-state index contributed by atoms with van der Waals surface area (Å²) in [5.74, 6) is -4.46. The number of carbonyl (C=O) groups excluding carboxylic acids is 4. The van der Waals surface area contributed by atoms with Gasteiger partial charge in [0, 0.05) is 29.7 Å². The summed E-state index contributed by atoms with van der Waals surface area (Å²) in [6.45, 7) is 1.53. The fraction of sp³-hybridized carbons (Fsp3) is 0.308. The predicted molar refractivity (Wildman–Crippen MR) is 162 cm³/mol. The number of aromatic nitrogens is 3. The first-order valence-corrected chi connectivity index (χ1v) is 15.8. The topological polar surface area (TPSA) is 255 Å². The zero-order valence-corrected chi connectivity index (χ0v) is 26.5. The first kappa shape index (κ1) is 33.4. The third-order valence-electron chi connectivity index (χ3n) is 7.05. The first-order valence-electron chi connectivity index (χ1n) is 13.5. The molecule has 21 heteroatoms. The van der Waals surface area contributed by atoms with Crippen molar-refractivity contribution in [2.24, 2.45) is 5.16 Å². The maximum atomic E-state index is 13.3. The number of hydrogen-bond acceptors (Lipinski definition) is 14. The number of anilines is 1. The minimum Gasteiger partial charge on any atom is -0.543 e. The van der Waals surface area contributed by atoms with E-state index in [2.05, 4.69) is 15.5 Å². The van der Waals surface area contributed by atoms with Crippen LogP contribution in [0.15, 0.2) is 47.0 Å². The number of oxime groups is 1. The van der Waals surface area contributed by atoms with Crippen molar-refractivity contribution in [3.8, 4) is 0 Å². The quantitative estimate of drug-likeness (QED) is 0.0500. The van der Waals surface area contributed by atoms with Crippen molar-refractivity contribution in [1.82, 2.24) is 25.2 Å². The molecule has 5 heterocycles. The molecule has 47 heavy (non-hydrogen) atoms.